The minimum atomic E-state index is -0.478. The van der Waals surface area contributed by atoms with Gasteiger partial charge in [0, 0.05) is 18.4 Å². The smallest absolute Gasteiger partial charge is 0.252 e. The zero-order chi connectivity index (χ0) is 16.1. The average molecular weight is 303 g/mol. The highest BCUT2D eigenvalue weighted by Crippen LogP contribution is 2.29. The molecule has 1 aliphatic rings. The van der Waals surface area contributed by atoms with Crippen LogP contribution in [0.4, 0.5) is 5.69 Å². The van der Waals surface area contributed by atoms with Gasteiger partial charge in [-0.05, 0) is 18.8 Å². The largest absolute Gasteiger partial charge is 0.378 e. The molecule has 2 atom stereocenters. The first kappa shape index (κ1) is 16.3. The molecule has 6 heteroatoms. The number of nitrogens with one attached hydrogen (secondary N) is 1. The fourth-order valence-electron chi connectivity index (χ4n) is 2.92. The van der Waals surface area contributed by atoms with E-state index in [1.807, 2.05) is 13.8 Å². The number of carbonyl (C=O) groups is 1. The van der Waals surface area contributed by atoms with E-state index in [0.29, 0.717) is 28.9 Å². The molecule has 120 valence electrons. The summed E-state index contributed by atoms with van der Waals surface area (Å²) in [6.07, 6.45) is 9.74. The number of aromatic nitrogens is 3. The van der Waals surface area contributed by atoms with E-state index in [2.05, 4.69) is 22.3 Å². The van der Waals surface area contributed by atoms with Crippen molar-refractivity contribution in [1.82, 2.24) is 14.6 Å². The molecule has 0 spiro atoms. The Labute approximate surface area is 131 Å². The van der Waals surface area contributed by atoms with Crippen LogP contribution in [0, 0.1) is 5.92 Å². The molecule has 0 saturated heterocycles. The van der Waals surface area contributed by atoms with Crippen molar-refractivity contribution >= 4 is 17.2 Å². The van der Waals surface area contributed by atoms with Gasteiger partial charge in [-0.1, -0.05) is 33.6 Å². The van der Waals surface area contributed by atoms with Gasteiger partial charge in [0.05, 0.1) is 17.4 Å². The van der Waals surface area contributed by atoms with Crippen LogP contribution < -0.4 is 11.1 Å². The molecule has 0 aliphatic heterocycles. The Morgan fingerprint density at radius 3 is 2.77 bits per heavy atom. The summed E-state index contributed by atoms with van der Waals surface area (Å²) in [4.78, 5) is 15.9. The molecule has 1 saturated carbocycles. The Balaban J connectivity index is 0.000000847. The van der Waals surface area contributed by atoms with Crippen molar-refractivity contribution in [2.24, 2.45) is 11.7 Å². The van der Waals surface area contributed by atoms with Gasteiger partial charge in [-0.15, -0.1) is 0 Å². The van der Waals surface area contributed by atoms with Crippen LogP contribution in [0.2, 0.25) is 0 Å². The van der Waals surface area contributed by atoms with Crippen LogP contribution in [-0.4, -0.2) is 26.5 Å². The lowest BCUT2D eigenvalue weighted by molar-refractivity contribution is 0.100. The van der Waals surface area contributed by atoms with Crippen molar-refractivity contribution < 1.29 is 4.79 Å². The highest BCUT2D eigenvalue weighted by Gasteiger charge is 2.24. The highest BCUT2D eigenvalue weighted by atomic mass is 16.1. The normalized spacial score (nSPS) is 21.0. The third kappa shape index (κ3) is 3.21. The molecule has 0 bridgehead atoms. The minimum Gasteiger partial charge on any atom is -0.378 e. The Morgan fingerprint density at radius 1 is 1.36 bits per heavy atom. The summed E-state index contributed by atoms with van der Waals surface area (Å²) < 4.78 is 1.66. The van der Waals surface area contributed by atoms with Crippen LogP contribution >= 0.6 is 0 Å². The highest BCUT2D eigenvalue weighted by molar-refractivity contribution is 6.01. The van der Waals surface area contributed by atoms with Gasteiger partial charge in [0.15, 0.2) is 5.65 Å². The number of primary amides is 1. The molecule has 0 radical (unpaired) electrons. The summed E-state index contributed by atoms with van der Waals surface area (Å²) in [6.45, 7) is 6.24. The first-order valence-corrected chi connectivity index (χ1v) is 8.05. The maximum atomic E-state index is 11.6. The summed E-state index contributed by atoms with van der Waals surface area (Å²) in [6, 6.07) is 0.352. The third-order valence-corrected chi connectivity index (χ3v) is 4.13. The summed E-state index contributed by atoms with van der Waals surface area (Å²) in [5.41, 5.74) is 7.22. The fraction of sp³-hybridized carbons (Fsp3) is 0.562. The number of fused-ring (bicyclic) bond motifs is 1. The molecular formula is C16H25N5O. The predicted molar refractivity (Wildman–Crippen MR) is 87.9 cm³/mol. The summed E-state index contributed by atoms with van der Waals surface area (Å²) in [5, 5.41) is 7.63. The number of imidazole rings is 1. The summed E-state index contributed by atoms with van der Waals surface area (Å²) in [5.74, 6) is 0.0987. The molecule has 1 aliphatic carbocycles. The van der Waals surface area contributed by atoms with Crippen molar-refractivity contribution in [3.63, 3.8) is 0 Å². The summed E-state index contributed by atoms with van der Waals surface area (Å²) in [7, 11) is 0. The molecule has 22 heavy (non-hydrogen) atoms. The Bertz CT molecular complexity index is 636. The van der Waals surface area contributed by atoms with Gasteiger partial charge in [0.25, 0.3) is 5.91 Å². The van der Waals surface area contributed by atoms with Gasteiger partial charge in [-0.3, -0.25) is 4.79 Å². The lowest BCUT2D eigenvalue weighted by Crippen LogP contribution is -2.31. The number of nitrogens with zero attached hydrogens (tertiary/aromatic N) is 3. The summed E-state index contributed by atoms with van der Waals surface area (Å²) >= 11 is 0. The lowest BCUT2D eigenvalue weighted by Gasteiger charge is -2.30. The topological polar surface area (TPSA) is 85.3 Å². The van der Waals surface area contributed by atoms with Crippen molar-refractivity contribution in [3.05, 3.63) is 24.2 Å². The predicted octanol–water partition coefficient (Wildman–Crippen LogP) is 2.85. The number of rotatable bonds is 3. The molecule has 2 unspecified atom stereocenters. The number of amides is 1. The third-order valence-electron chi connectivity index (χ3n) is 4.13. The van der Waals surface area contributed by atoms with Gasteiger partial charge >= 0.3 is 0 Å². The second-order valence-electron chi connectivity index (χ2n) is 5.51. The Morgan fingerprint density at radius 2 is 2.09 bits per heavy atom. The van der Waals surface area contributed by atoms with Crippen LogP contribution in [0.25, 0.3) is 5.65 Å². The van der Waals surface area contributed by atoms with Crippen LogP contribution in [0.15, 0.2) is 18.6 Å². The number of hydrogen-bond acceptors (Lipinski definition) is 4. The minimum absolute atomic E-state index is 0.352. The van der Waals surface area contributed by atoms with E-state index in [1.54, 1.807) is 16.9 Å². The number of hydrogen-bond donors (Lipinski definition) is 2. The van der Waals surface area contributed by atoms with E-state index < -0.39 is 5.91 Å². The molecule has 0 aromatic carbocycles. The molecule has 3 rings (SSSR count). The van der Waals surface area contributed by atoms with E-state index in [9.17, 15) is 4.79 Å². The van der Waals surface area contributed by atoms with Gasteiger partial charge in [0.1, 0.15) is 0 Å². The number of nitrogens with two attached hydrogens (primary N) is 1. The SMILES string of the molecule is CC.CC1CCCCC1Nc1c(C(N)=O)cnn2ccnc12. The zero-order valence-corrected chi connectivity index (χ0v) is 13.5. The van der Waals surface area contributed by atoms with Crippen LogP contribution in [-0.2, 0) is 0 Å². The molecule has 6 nitrogen and oxygen atoms in total. The Hall–Kier alpha value is -2.11. The van der Waals surface area contributed by atoms with Crippen LogP contribution in [0.1, 0.15) is 56.8 Å². The van der Waals surface area contributed by atoms with Crippen LogP contribution in [0.3, 0.4) is 0 Å². The molecule has 2 heterocycles. The van der Waals surface area contributed by atoms with Gasteiger partial charge in [0.2, 0.25) is 0 Å². The molecule has 2 aromatic rings. The van der Waals surface area contributed by atoms with Gasteiger partial charge < -0.3 is 11.1 Å². The van der Waals surface area contributed by atoms with E-state index >= 15 is 0 Å². The second kappa shape index (κ2) is 7.24. The molecular weight excluding hydrogens is 278 g/mol. The number of anilines is 1. The van der Waals surface area contributed by atoms with Crippen molar-refractivity contribution in [3.8, 4) is 0 Å². The van der Waals surface area contributed by atoms with E-state index in [4.69, 9.17) is 5.73 Å². The van der Waals surface area contributed by atoms with Crippen molar-refractivity contribution in [2.75, 3.05) is 5.32 Å². The van der Waals surface area contributed by atoms with Gasteiger partial charge in [-0.2, -0.15) is 5.10 Å². The van der Waals surface area contributed by atoms with Crippen LogP contribution in [0.5, 0.6) is 0 Å². The zero-order valence-electron chi connectivity index (χ0n) is 13.5. The monoisotopic (exact) mass is 303 g/mol. The fourth-order valence-corrected chi connectivity index (χ4v) is 2.92. The first-order chi connectivity index (χ1) is 10.7. The average Bonchev–Trinajstić information content (AvgIpc) is 3.00. The maximum Gasteiger partial charge on any atom is 0.252 e. The van der Waals surface area contributed by atoms with E-state index in [-0.39, 0.29) is 0 Å². The molecule has 2 aromatic heterocycles. The van der Waals surface area contributed by atoms with E-state index in [0.717, 1.165) is 6.42 Å². The Kier molecular flexibility index (Phi) is 5.35. The quantitative estimate of drug-likeness (QED) is 0.913. The van der Waals surface area contributed by atoms with Gasteiger partial charge in [-0.25, -0.2) is 9.50 Å². The van der Waals surface area contributed by atoms with Crippen molar-refractivity contribution in [1.29, 1.82) is 0 Å². The van der Waals surface area contributed by atoms with Crippen molar-refractivity contribution in [2.45, 2.75) is 52.5 Å². The first-order valence-electron chi connectivity index (χ1n) is 8.05. The molecule has 1 amide bonds. The molecule has 1 fully saturated rings. The number of carbonyl (C=O) groups excluding carboxylic acids is 1. The van der Waals surface area contributed by atoms with E-state index in [1.165, 1.54) is 25.5 Å². The second-order valence-corrected chi connectivity index (χ2v) is 5.51. The maximum absolute atomic E-state index is 11.6. The lowest BCUT2D eigenvalue weighted by atomic mass is 9.86. The standard InChI is InChI=1S/C14H19N5O.C2H6/c1-9-4-2-3-5-11(9)18-12-10(13(15)20)8-17-19-7-6-16-14(12)19;1-2/h6-9,11,18H,2-5H2,1H3,(H2,15,20);1-2H3. The molecule has 3 N–H and O–H groups in total.